The van der Waals surface area contributed by atoms with Gasteiger partial charge in [0.2, 0.25) is 0 Å². The van der Waals surface area contributed by atoms with Gasteiger partial charge >= 0.3 is 12.0 Å². The summed E-state index contributed by atoms with van der Waals surface area (Å²) in [5, 5.41) is 21.1. The molecule has 0 radical (unpaired) electrons. The van der Waals surface area contributed by atoms with E-state index in [4.69, 9.17) is 28.3 Å². The number of nitrogens with one attached hydrogen (secondary N) is 1. The highest BCUT2D eigenvalue weighted by atomic mass is 35.5. The monoisotopic (exact) mass is 334 g/mol. The second-order valence-corrected chi connectivity index (χ2v) is 6.03. The van der Waals surface area contributed by atoms with Gasteiger partial charge in [-0.15, -0.1) is 0 Å². The minimum atomic E-state index is -1.17. The lowest BCUT2D eigenvalue weighted by molar-refractivity contribution is 0.0550. The third-order valence-electron chi connectivity index (χ3n) is 2.49. The van der Waals surface area contributed by atoms with Crippen LogP contribution in [-0.2, 0) is 0 Å². The maximum absolute atomic E-state index is 12.0. The normalized spacial score (nSPS) is 11.1. The quantitative estimate of drug-likeness (QED) is 0.789. The number of aromatic carboxylic acids is 1. The molecule has 0 bridgehead atoms. The fourth-order valence-corrected chi connectivity index (χ4v) is 2.25. The largest absolute Gasteiger partial charge is 0.478 e. The number of aliphatic hydroxyl groups is 1. The number of carbonyl (C=O) groups is 2. The summed E-state index contributed by atoms with van der Waals surface area (Å²) in [5.41, 5.74) is -1.00. The summed E-state index contributed by atoms with van der Waals surface area (Å²) in [6.07, 6.45) is 0. The molecule has 0 atom stereocenters. The number of carboxylic acids is 1. The molecule has 0 saturated heterocycles. The van der Waals surface area contributed by atoms with Crippen LogP contribution >= 0.6 is 23.2 Å². The Morgan fingerprint density at radius 3 is 2.14 bits per heavy atom. The van der Waals surface area contributed by atoms with Crippen LogP contribution in [0, 0.1) is 0 Å². The Hall–Kier alpha value is -1.50. The Morgan fingerprint density at radius 2 is 1.76 bits per heavy atom. The highest BCUT2D eigenvalue weighted by Gasteiger charge is 2.21. The number of halogens is 2. The topological polar surface area (TPSA) is 89.9 Å². The second kappa shape index (κ2) is 6.51. The van der Waals surface area contributed by atoms with E-state index in [0.29, 0.717) is 0 Å². The van der Waals surface area contributed by atoms with Crippen LogP contribution in [0.3, 0.4) is 0 Å². The van der Waals surface area contributed by atoms with E-state index in [1.165, 1.54) is 24.1 Å². The maximum atomic E-state index is 12.0. The first-order valence-corrected chi connectivity index (χ1v) is 6.73. The molecule has 3 N–H and O–H groups in total. The molecule has 2 amide bonds. The van der Waals surface area contributed by atoms with Crippen molar-refractivity contribution in [3.63, 3.8) is 0 Å². The van der Waals surface area contributed by atoms with Gasteiger partial charge in [-0.1, -0.05) is 23.2 Å². The van der Waals surface area contributed by atoms with Crippen molar-refractivity contribution in [1.29, 1.82) is 0 Å². The zero-order chi connectivity index (χ0) is 16.4. The van der Waals surface area contributed by atoms with Gasteiger partial charge < -0.3 is 20.4 Å². The Balaban J connectivity index is 2.93. The standard InChI is InChI=1S/C13H16Cl2N2O4/c1-13(2,21)6-17(3)12(20)16-10-8(14)4-7(11(18)19)5-9(10)15/h4-5,21H,6H2,1-3H3,(H,16,20)(H,18,19). The highest BCUT2D eigenvalue weighted by molar-refractivity contribution is 6.40. The van der Waals surface area contributed by atoms with Gasteiger partial charge in [0.15, 0.2) is 0 Å². The van der Waals surface area contributed by atoms with Crippen LogP contribution < -0.4 is 5.32 Å². The predicted octanol–water partition coefficient (Wildman–Crippen LogP) is 2.93. The van der Waals surface area contributed by atoms with Gasteiger partial charge in [0.1, 0.15) is 0 Å². The number of carboxylic acid groups (broad SMARTS) is 1. The summed E-state index contributed by atoms with van der Waals surface area (Å²) in [6.45, 7) is 3.23. The van der Waals surface area contributed by atoms with E-state index in [1.54, 1.807) is 13.8 Å². The molecule has 116 valence electrons. The van der Waals surface area contributed by atoms with Crippen LogP contribution in [0.4, 0.5) is 10.5 Å². The van der Waals surface area contributed by atoms with Crippen molar-refractivity contribution < 1.29 is 19.8 Å². The Bertz CT molecular complexity index is 547. The first kappa shape index (κ1) is 17.6. The minimum Gasteiger partial charge on any atom is -0.478 e. The van der Waals surface area contributed by atoms with Crippen LogP contribution in [-0.4, -0.2) is 46.3 Å². The van der Waals surface area contributed by atoms with Crippen molar-refractivity contribution in [2.45, 2.75) is 19.4 Å². The number of anilines is 1. The fourth-order valence-electron chi connectivity index (χ4n) is 1.67. The smallest absolute Gasteiger partial charge is 0.335 e. The van der Waals surface area contributed by atoms with Crippen molar-refractivity contribution in [2.24, 2.45) is 0 Å². The number of hydrogen-bond acceptors (Lipinski definition) is 3. The van der Waals surface area contributed by atoms with Crippen LogP contribution in [0.1, 0.15) is 24.2 Å². The molecule has 8 heteroatoms. The summed E-state index contributed by atoms with van der Waals surface area (Å²) in [4.78, 5) is 24.1. The Kier molecular flexibility index (Phi) is 5.44. The van der Waals surface area contributed by atoms with E-state index in [1.807, 2.05) is 0 Å². The molecule has 1 aromatic rings. The molecular weight excluding hydrogens is 319 g/mol. The van der Waals surface area contributed by atoms with Gasteiger partial charge in [-0.2, -0.15) is 0 Å². The minimum absolute atomic E-state index is 0.0184. The molecule has 0 heterocycles. The molecule has 0 aliphatic carbocycles. The molecular formula is C13H16Cl2N2O4. The first-order chi connectivity index (χ1) is 9.51. The van der Waals surface area contributed by atoms with E-state index in [-0.39, 0.29) is 27.8 Å². The van der Waals surface area contributed by atoms with E-state index < -0.39 is 17.6 Å². The first-order valence-electron chi connectivity index (χ1n) is 5.98. The van der Waals surface area contributed by atoms with Gasteiger partial charge in [-0.3, -0.25) is 0 Å². The zero-order valence-corrected chi connectivity index (χ0v) is 13.3. The summed E-state index contributed by atoms with van der Waals surface area (Å²) >= 11 is 11.9. The van der Waals surface area contributed by atoms with Gasteiger partial charge in [0, 0.05) is 7.05 Å². The molecule has 0 aliphatic rings. The lowest BCUT2D eigenvalue weighted by atomic mass is 10.1. The third-order valence-corrected chi connectivity index (χ3v) is 3.09. The molecule has 1 rings (SSSR count). The van der Waals surface area contributed by atoms with Crippen molar-refractivity contribution in [3.8, 4) is 0 Å². The van der Waals surface area contributed by atoms with E-state index >= 15 is 0 Å². The molecule has 0 saturated carbocycles. The Morgan fingerprint density at radius 1 is 1.29 bits per heavy atom. The lowest BCUT2D eigenvalue weighted by Gasteiger charge is -2.26. The van der Waals surface area contributed by atoms with Crippen LogP contribution in [0.15, 0.2) is 12.1 Å². The van der Waals surface area contributed by atoms with E-state index in [9.17, 15) is 14.7 Å². The maximum Gasteiger partial charge on any atom is 0.335 e. The van der Waals surface area contributed by atoms with Crippen LogP contribution in [0.5, 0.6) is 0 Å². The number of nitrogens with zero attached hydrogens (tertiary/aromatic N) is 1. The number of hydrogen-bond donors (Lipinski definition) is 3. The highest BCUT2D eigenvalue weighted by Crippen LogP contribution is 2.32. The zero-order valence-electron chi connectivity index (χ0n) is 11.8. The SMILES string of the molecule is CN(CC(C)(C)O)C(=O)Nc1c(Cl)cc(C(=O)O)cc1Cl. The van der Waals surface area contributed by atoms with Gasteiger partial charge in [0.25, 0.3) is 0 Å². The van der Waals surface area contributed by atoms with Gasteiger partial charge in [-0.05, 0) is 26.0 Å². The van der Waals surface area contributed by atoms with Gasteiger partial charge in [-0.25, -0.2) is 9.59 Å². The summed E-state index contributed by atoms with van der Waals surface area (Å²) in [5.74, 6) is -1.17. The molecule has 21 heavy (non-hydrogen) atoms. The van der Waals surface area contributed by atoms with Crippen molar-refractivity contribution in [3.05, 3.63) is 27.7 Å². The van der Waals surface area contributed by atoms with E-state index in [0.717, 1.165) is 0 Å². The average molecular weight is 335 g/mol. The molecule has 1 aromatic carbocycles. The second-order valence-electron chi connectivity index (χ2n) is 5.22. The lowest BCUT2D eigenvalue weighted by Crippen LogP contribution is -2.41. The molecule has 0 fully saturated rings. The fraction of sp³-hybridized carbons (Fsp3) is 0.385. The number of amides is 2. The molecule has 0 aromatic heterocycles. The van der Waals surface area contributed by atoms with Crippen molar-refractivity contribution >= 4 is 40.9 Å². The number of likely N-dealkylation sites (N-methyl/N-ethyl adjacent to an activating group) is 1. The van der Waals surface area contributed by atoms with Crippen LogP contribution in [0.25, 0.3) is 0 Å². The van der Waals surface area contributed by atoms with Crippen LogP contribution in [0.2, 0.25) is 10.0 Å². The number of urea groups is 1. The molecule has 0 aliphatic heterocycles. The summed E-state index contributed by atoms with van der Waals surface area (Å²) in [7, 11) is 1.50. The van der Waals surface area contributed by atoms with Crippen molar-refractivity contribution in [2.75, 3.05) is 18.9 Å². The molecule has 0 spiro atoms. The number of rotatable bonds is 4. The number of benzene rings is 1. The average Bonchev–Trinajstić information content (AvgIpc) is 2.30. The van der Waals surface area contributed by atoms with Crippen molar-refractivity contribution in [1.82, 2.24) is 4.90 Å². The Labute approximate surface area is 132 Å². The predicted molar refractivity (Wildman–Crippen MR) is 81.4 cm³/mol. The molecule has 0 unspecified atom stereocenters. The summed E-state index contributed by atoms with van der Waals surface area (Å²) < 4.78 is 0. The van der Waals surface area contributed by atoms with Gasteiger partial charge in [0.05, 0.1) is 33.4 Å². The number of carbonyl (C=O) groups excluding carboxylic acids is 1. The summed E-state index contributed by atoms with van der Waals surface area (Å²) in [6, 6.07) is 1.87. The molecule has 6 nitrogen and oxygen atoms in total. The third kappa shape index (κ3) is 5.08. The van der Waals surface area contributed by atoms with E-state index in [2.05, 4.69) is 5.32 Å².